The van der Waals surface area contributed by atoms with Crippen molar-refractivity contribution in [2.24, 2.45) is 0 Å². The summed E-state index contributed by atoms with van der Waals surface area (Å²) in [6.45, 7) is 10.3. The van der Waals surface area contributed by atoms with Crippen molar-refractivity contribution < 1.29 is 9.53 Å². The minimum atomic E-state index is -0.0907. The maximum absolute atomic E-state index is 12.6. The van der Waals surface area contributed by atoms with E-state index in [-0.39, 0.29) is 12.5 Å². The summed E-state index contributed by atoms with van der Waals surface area (Å²) in [6.07, 6.45) is 0.870. The summed E-state index contributed by atoms with van der Waals surface area (Å²) in [7, 11) is 0. The molecule has 1 fully saturated rings. The van der Waals surface area contributed by atoms with Crippen LogP contribution in [0.2, 0.25) is 0 Å². The highest BCUT2D eigenvalue weighted by Gasteiger charge is 2.18. The lowest BCUT2D eigenvalue weighted by Crippen LogP contribution is -2.36. The first-order chi connectivity index (χ1) is 15.0. The molecule has 0 spiro atoms. The number of para-hydroxylation sites is 1. The highest BCUT2D eigenvalue weighted by atomic mass is 32.1. The summed E-state index contributed by atoms with van der Waals surface area (Å²) in [4.78, 5) is 26.7. The van der Waals surface area contributed by atoms with Gasteiger partial charge in [0.05, 0.1) is 31.7 Å². The van der Waals surface area contributed by atoms with E-state index < -0.39 is 0 Å². The number of morpholine rings is 1. The highest BCUT2D eigenvalue weighted by Crippen LogP contribution is 2.33. The minimum absolute atomic E-state index is 0.0907. The normalized spacial score (nSPS) is 14.7. The molecule has 164 valence electrons. The third-order valence-electron chi connectivity index (χ3n) is 5.63. The number of ether oxygens (including phenoxy) is 1. The van der Waals surface area contributed by atoms with Gasteiger partial charge in [-0.05, 0) is 37.5 Å². The van der Waals surface area contributed by atoms with Crippen LogP contribution in [0.4, 0.5) is 11.5 Å². The van der Waals surface area contributed by atoms with Crippen molar-refractivity contribution in [1.82, 2.24) is 14.9 Å². The summed E-state index contributed by atoms with van der Waals surface area (Å²) in [5.74, 6) is 1.41. The van der Waals surface area contributed by atoms with Crippen molar-refractivity contribution in [2.75, 3.05) is 43.5 Å². The Labute approximate surface area is 186 Å². The average molecular weight is 440 g/mol. The van der Waals surface area contributed by atoms with Crippen LogP contribution >= 0.6 is 11.3 Å². The maximum Gasteiger partial charge on any atom is 0.243 e. The lowest BCUT2D eigenvalue weighted by atomic mass is 10.1. The van der Waals surface area contributed by atoms with Crippen LogP contribution in [-0.2, 0) is 22.5 Å². The van der Waals surface area contributed by atoms with Crippen LogP contribution in [0, 0.1) is 13.8 Å². The molecule has 7 nitrogen and oxygen atoms in total. The van der Waals surface area contributed by atoms with Crippen molar-refractivity contribution in [3.8, 4) is 0 Å². The number of rotatable bonds is 7. The molecule has 8 heteroatoms. The largest absolute Gasteiger partial charge is 0.379 e. The Hall–Kier alpha value is -2.55. The number of anilines is 2. The van der Waals surface area contributed by atoms with Gasteiger partial charge in [-0.3, -0.25) is 9.69 Å². The van der Waals surface area contributed by atoms with E-state index in [4.69, 9.17) is 14.7 Å². The number of carbonyl (C=O) groups is 1. The number of carbonyl (C=O) groups excluding carboxylic acids is 1. The summed E-state index contributed by atoms with van der Waals surface area (Å²) in [6, 6.07) is 7.90. The Bertz CT molecular complexity index is 1080. The average Bonchev–Trinajstić information content (AvgIpc) is 3.06. The van der Waals surface area contributed by atoms with E-state index in [1.807, 2.05) is 24.3 Å². The Morgan fingerprint density at radius 3 is 2.74 bits per heavy atom. The van der Waals surface area contributed by atoms with Gasteiger partial charge in [0.25, 0.3) is 0 Å². The van der Waals surface area contributed by atoms with Crippen LogP contribution in [-0.4, -0.2) is 53.6 Å². The first-order valence-electron chi connectivity index (χ1n) is 10.7. The molecule has 0 aliphatic carbocycles. The monoisotopic (exact) mass is 439 g/mol. The van der Waals surface area contributed by atoms with Gasteiger partial charge in [-0.25, -0.2) is 9.97 Å². The molecule has 2 N–H and O–H groups in total. The number of amides is 1. The Balaban J connectivity index is 1.53. The summed E-state index contributed by atoms with van der Waals surface area (Å²) in [5.41, 5.74) is 3.15. The van der Waals surface area contributed by atoms with Gasteiger partial charge >= 0.3 is 0 Å². The molecule has 1 aliphatic heterocycles. The number of fused-ring (bicyclic) bond motifs is 1. The number of thiophene rings is 1. The van der Waals surface area contributed by atoms with Crippen LogP contribution in [0.25, 0.3) is 10.2 Å². The van der Waals surface area contributed by atoms with Crippen molar-refractivity contribution in [1.29, 1.82) is 0 Å². The lowest BCUT2D eigenvalue weighted by Gasteiger charge is -2.25. The van der Waals surface area contributed by atoms with Crippen LogP contribution < -0.4 is 10.6 Å². The zero-order chi connectivity index (χ0) is 21.8. The molecule has 0 saturated carbocycles. The predicted molar refractivity (Wildman–Crippen MR) is 126 cm³/mol. The number of hydrogen-bond acceptors (Lipinski definition) is 7. The fourth-order valence-corrected chi connectivity index (χ4v) is 4.81. The quantitative estimate of drug-likeness (QED) is 0.584. The van der Waals surface area contributed by atoms with E-state index in [0.29, 0.717) is 6.54 Å². The first-order valence-corrected chi connectivity index (χ1v) is 11.5. The third-order valence-corrected chi connectivity index (χ3v) is 6.73. The SMILES string of the molecule is CCc1ccccc1NC(=O)CNc1nc(CN2CCOCC2)nc2sc(C)c(C)c12. The number of nitrogens with one attached hydrogen (secondary N) is 2. The molecule has 31 heavy (non-hydrogen) atoms. The van der Waals surface area contributed by atoms with E-state index in [9.17, 15) is 4.79 Å². The van der Waals surface area contributed by atoms with E-state index in [2.05, 4.69) is 36.3 Å². The van der Waals surface area contributed by atoms with Crippen LogP contribution in [0.3, 0.4) is 0 Å². The molecule has 1 aromatic carbocycles. The van der Waals surface area contributed by atoms with Gasteiger partial charge in [0.15, 0.2) is 0 Å². The number of nitrogens with zero attached hydrogens (tertiary/aromatic N) is 3. The summed E-state index contributed by atoms with van der Waals surface area (Å²) < 4.78 is 5.44. The number of hydrogen-bond donors (Lipinski definition) is 2. The smallest absolute Gasteiger partial charge is 0.243 e. The number of benzene rings is 1. The van der Waals surface area contributed by atoms with Gasteiger partial charge in [0, 0.05) is 23.7 Å². The van der Waals surface area contributed by atoms with Gasteiger partial charge in [0.2, 0.25) is 5.91 Å². The zero-order valence-electron chi connectivity index (χ0n) is 18.3. The molecule has 0 bridgehead atoms. The van der Waals surface area contributed by atoms with Gasteiger partial charge < -0.3 is 15.4 Å². The molecule has 1 saturated heterocycles. The summed E-state index contributed by atoms with van der Waals surface area (Å²) in [5, 5.41) is 7.30. The zero-order valence-corrected chi connectivity index (χ0v) is 19.1. The maximum atomic E-state index is 12.6. The highest BCUT2D eigenvalue weighted by molar-refractivity contribution is 7.18. The Morgan fingerprint density at radius 1 is 1.19 bits per heavy atom. The molecule has 0 radical (unpaired) electrons. The van der Waals surface area contributed by atoms with Gasteiger partial charge in [-0.15, -0.1) is 11.3 Å². The van der Waals surface area contributed by atoms with Gasteiger partial charge in [0.1, 0.15) is 16.5 Å². The molecular weight excluding hydrogens is 410 g/mol. The van der Waals surface area contributed by atoms with Gasteiger partial charge in [-0.1, -0.05) is 25.1 Å². The molecule has 1 aliphatic rings. The van der Waals surface area contributed by atoms with E-state index >= 15 is 0 Å². The van der Waals surface area contributed by atoms with Gasteiger partial charge in [-0.2, -0.15) is 0 Å². The second-order valence-corrected chi connectivity index (χ2v) is 8.96. The van der Waals surface area contributed by atoms with Crippen LogP contribution in [0.1, 0.15) is 28.8 Å². The van der Waals surface area contributed by atoms with Crippen molar-refractivity contribution in [3.05, 3.63) is 46.1 Å². The molecule has 4 rings (SSSR count). The standard InChI is InChI=1S/C23H29N5O2S/c1-4-17-7-5-6-8-18(17)25-20(29)13-24-22-21-15(2)16(3)31-23(21)27-19(26-22)14-28-9-11-30-12-10-28/h5-8H,4,9-14H2,1-3H3,(H,25,29)(H,24,26,27). The van der Waals surface area contributed by atoms with Crippen LogP contribution in [0.15, 0.2) is 24.3 Å². The molecule has 1 amide bonds. The first kappa shape index (κ1) is 21.7. The molecule has 3 aromatic rings. The topological polar surface area (TPSA) is 79.4 Å². The van der Waals surface area contributed by atoms with Crippen molar-refractivity contribution >= 4 is 39.0 Å². The molecule has 0 unspecified atom stereocenters. The Morgan fingerprint density at radius 2 is 1.97 bits per heavy atom. The van der Waals surface area contributed by atoms with Crippen molar-refractivity contribution in [3.63, 3.8) is 0 Å². The fraction of sp³-hybridized carbons (Fsp3) is 0.435. The van der Waals surface area contributed by atoms with Crippen molar-refractivity contribution in [2.45, 2.75) is 33.7 Å². The Kier molecular flexibility index (Phi) is 6.80. The van der Waals surface area contributed by atoms with Crippen LogP contribution in [0.5, 0.6) is 0 Å². The van der Waals surface area contributed by atoms with E-state index in [1.54, 1.807) is 11.3 Å². The van der Waals surface area contributed by atoms with E-state index in [0.717, 1.165) is 71.4 Å². The molecule has 0 atom stereocenters. The fourth-order valence-electron chi connectivity index (χ4n) is 3.76. The third kappa shape index (κ3) is 5.03. The predicted octanol–water partition coefficient (Wildman–Crippen LogP) is 3.75. The molecular formula is C23H29N5O2S. The lowest BCUT2D eigenvalue weighted by molar-refractivity contribution is -0.114. The second-order valence-electron chi connectivity index (χ2n) is 7.75. The summed E-state index contributed by atoms with van der Waals surface area (Å²) >= 11 is 1.68. The number of aryl methyl sites for hydroxylation is 3. The van der Waals surface area contributed by atoms with E-state index in [1.165, 1.54) is 4.88 Å². The number of aromatic nitrogens is 2. The molecule has 3 heterocycles. The second kappa shape index (κ2) is 9.72. The molecule has 2 aromatic heterocycles. The minimum Gasteiger partial charge on any atom is -0.379 e.